The van der Waals surface area contributed by atoms with Crippen LogP contribution in [0.15, 0.2) is 30.3 Å². The van der Waals surface area contributed by atoms with Crippen molar-refractivity contribution in [1.82, 2.24) is 41.1 Å². The van der Waals surface area contributed by atoms with E-state index in [1.54, 1.807) is 39.8 Å². The minimum Gasteiger partial charge on any atom is -0.465 e. The van der Waals surface area contributed by atoms with Crippen LogP contribution in [0.4, 0.5) is 4.79 Å². The van der Waals surface area contributed by atoms with E-state index in [2.05, 4.69) is 31.3 Å². The molecule has 0 unspecified atom stereocenters. The first-order valence-electron chi connectivity index (χ1n) is 17.0. The number of carboxylic acid groups (broad SMARTS) is 1. The Morgan fingerprint density at radius 3 is 2.33 bits per heavy atom. The number of nitrogens with one attached hydrogen (secondary N) is 3. The normalized spacial score (nSPS) is 19.0. The van der Waals surface area contributed by atoms with Crippen molar-refractivity contribution in [2.75, 3.05) is 27.8 Å². The zero-order valence-corrected chi connectivity index (χ0v) is 30.0. The summed E-state index contributed by atoms with van der Waals surface area (Å²) in [5.74, 6) is -1.36. The van der Waals surface area contributed by atoms with Gasteiger partial charge in [0.2, 0.25) is 17.7 Å². The van der Waals surface area contributed by atoms with Gasteiger partial charge < -0.3 is 35.0 Å². The van der Waals surface area contributed by atoms with Crippen LogP contribution in [0.25, 0.3) is 0 Å². The molecule has 1 aromatic heterocycles. The fourth-order valence-corrected chi connectivity index (χ4v) is 6.86. The first-order chi connectivity index (χ1) is 23.3. The van der Waals surface area contributed by atoms with E-state index in [1.807, 2.05) is 44.2 Å². The molecule has 1 fully saturated rings. The number of H-pyrrole nitrogens is 1. The second-order valence-electron chi connectivity index (χ2n) is 13.3. The molecule has 2 aromatic rings. The molecule has 2 heterocycles. The number of tetrazole rings is 1. The van der Waals surface area contributed by atoms with E-state index in [4.69, 9.17) is 9.47 Å². The molecule has 15 heteroatoms. The summed E-state index contributed by atoms with van der Waals surface area (Å²) in [7, 11) is 4.70. The van der Waals surface area contributed by atoms with Crippen LogP contribution in [-0.2, 0) is 30.3 Å². The molecule has 49 heavy (non-hydrogen) atoms. The number of aromatic nitrogens is 4. The summed E-state index contributed by atoms with van der Waals surface area (Å²) >= 11 is 0. The molecule has 4 N–H and O–H groups in total. The van der Waals surface area contributed by atoms with Crippen LogP contribution in [-0.4, -0.2) is 117 Å². The van der Waals surface area contributed by atoms with Crippen molar-refractivity contribution in [3.8, 4) is 0 Å². The predicted octanol–water partition coefficient (Wildman–Crippen LogP) is 2.81. The van der Waals surface area contributed by atoms with Crippen LogP contribution in [0, 0.1) is 17.8 Å². The first kappa shape index (κ1) is 39.3. The fourth-order valence-electron chi connectivity index (χ4n) is 6.86. The molecule has 1 saturated heterocycles. The summed E-state index contributed by atoms with van der Waals surface area (Å²) in [6, 6.07) is 7.39. The number of carbonyl (C=O) groups is 4. The van der Waals surface area contributed by atoms with Gasteiger partial charge in [0.25, 0.3) is 0 Å². The van der Waals surface area contributed by atoms with Gasteiger partial charge in [-0.15, -0.1) is 5.10 Å². The number of nitrogens with zero attached hydrogens (tertiary/aromatic N) is 5. The molecule has 15 nitrogen and oxygen atoms in total. The number of hydrogen-bond donors (Lipinski definition) is 4. The van der Waals surface area contributed by atoms with Crippen LogP contribution < -0.4 is 10.6 Å². The molecule has 0 spiro atoms. The number of benzene rings is 1. The SMILES string of the molecule is CC[C@H](C)[C@@H]([C@@H](CC(=O)N1CCC[C@H]1[C@H](OC)[C@@H](C)C(=O)N[C@@H](Cc1ccccc1)c1nnn[nH]1)OC)N(C)C(=O)[C@@H](NC(=O)O)C(C)C. The Labute approximate surface area is 288 Å². The van der Waals surface area contributed by atoms with Crippen LogP contribution in [0.2, 0.25) is 0 Å². The Bertz CT molecular complexity index is 1350. The molecule has 3 rings (SSSR count). The lowest BCUT2D eigenvalue weighted by molar-refractivity contribution is -0.147. The van der Waals surface area contributed by atoms with E-state index in [1.165, 1.54) is 12.0 Å². The standard InChI is InChI=1S/C34H54N8O7/c1-9-21(4)29(41(6)33(45)28(20(2)3)36-34(46)47)26(48-7)19-27(43)42-17-13-16-25(42)30(49-8)22(5)32(44)35-24(31-37-39-40-38-31)18-23-14-11-10-12-15-23/h10-12,14-15,20-22,24-26,28-30,36H,9,13,16-19H2,1-8H3,(H,35,44)(H,46,47)(H,37,38,39,40)/t21-,22+,24-,25-,26+,28-,29-,30+/m0/s1. The van der Waals surface area contributed by atoms with Gasteiger partial charge in [-0.25, -0.2) is 9.89 Å². The van der Waals surface area contributed by atoms with Crippen molar-refractivity contribution >= 4 is 23.8 Å². The molecule has 8 atom stereocenters. The van der Waals surface area contributed by atoms with Gasteiger partial charge in [-0.2, -0.15) is 0 Å². The third-order valence-corrected chi connectivity index (χ3v) is 9.76. The van der Waals surface area contributed by atoms with Crippen molar-refractivity contribution in [3.05, 3.63) is 41.7 Å². The van der Waals surface area contributed by atoms with Gasteiger partial charge in [-0.1, -0.05) is 71.4 Å². The topological polar surface area (TPSA) is 192 Å². The third-order valence-electron chi connectivity index (χ3n) is 9.76. The van der Waals surface area contributed by atoms with E-state index in [-0.39, 0.29) is 42.0 Å². The lowest BCUT2D eigenvalue weighted by Gasteiger charge is -2.40. The molecule has 4 amide bonds. The molecule has 1 aromatic carbocycles. The van der Waals surface area contributed by atoms with Gasteiger partial charge in [0.05, 0.1) is 42.7 Å². The zero-order chi connectivity index (χ0) is 36.2. The highest BCUT2D eigenvalue weighted by molar-refractivity contribution is 5.86. The summed E-state index contributed by atoms with van der Waals surface area (Å²) < 4.78 is 11.8. The van der Waals surface area contributed by atoms with Gasteiger partial charge in [0, 0.05) is 34.2 Å². The largest absolute Gasteiger partial charge is 0.465 e. The Balaban J connectivity index is 1.77. The number of rotatable bonds is 18. The average molecular weight is 687 g/mol. The minimum atomic E-state index is -1.28. The van der Waals surface area contributed by atoms with E-state index in [9.17, 15) is 24.3 Å². The zero-order valence-electron chi connectivity index (χ0n) is 30.0. The average Bonchev–Trinajstić information content (AvgIpc) is 3.80. The maximum atomic E-state index is 14.0. The quantitative estimate of drug-likeness (QED) is 0.181. The van der Waals surface area contributed by atoms with E-state index >= 15 is 0 Å². The number of hydrogen-bond acceptors (Lipinski definition) is 9. The molecular formula is C34H54N8O7. The highest BCUT2D eigenvalue weighted by Crippen LogP contribution is 2.30. The van der Waals surface area contributed by atoms with Crippen LogP contribution in [0.1, 0.15) is 77.7 Å². The molecule has 0 saturated carbocycles. The van der Waals surface area contributed by atoms with Gasteiger partial charge in [0.1, 0.15) is 6.04 Å². The predicted molar refractivity (Wildman–Crippen MR) is 181 cm³/mol. The number of amides is 4. The smallest absolute Gasteiger partial charge is 0.405 e. The Morgan fingerprint density at radius 1 is 1.08 bits per heavy atom. The number of likely N-dealkylation sites (tertiary alicyclic amines) is 1. The Hall–Kier alpha value is -4.11. The van der Waals surface area contributed by atoms with Crippen LogP contribution in [0.5, 0.6) is 0 Å². The Kier molecular flexibility index (Phi) is 14.9. The summed E-state index contributed by atoms with van der Waals surface area (Å²) in [6.07, 6.45) is 0.0282. The summed E-state index contributed by atoms with van der Waals surface area (Å²) in [6.45, 7) is 9.82. The van der Waals surface area contributed by atoms with E-state index in [0.29, 0.717) is 31.6 Å². The van der Waals surface area contributed by atoms with Crippen molar-refractivity contribution in [2.24, 2.45) is 17.8 Å². The van der Waals surface area contributed by atoms with Crippen LogP contribution in [0.3, 0.4) is 0 Å². The molecule has 0 aliphatic carbocycles. The Morgan fingerprint density at radius 2 is 1.78 bits per heavy atom. The summed E-state index contributed by atoms with van der Waals surface area (Å²) in [4.78, 5) is 56.1. The lowest BCUT2D eigenvalue weighted by atomic mass is 9.89. The van der Waals surface area contributed by atoms with E-state index in [0.717, 1.165) is 12.0 Å². The molecule has 0 bridgehead atoms. The minimum absolute atomic E-state index is 0.00696. The number of ether oxygens (including phenoxy) is 2. The second kappa shape index (κ2) is 18.6. The number of carbonyl (C=O) groups excluding carboxylic acids is 3. The van der Waals surface area contributed by atoms with Gasteiger partial charge in [-0.3, -0.25) is 14.4 Å². The van der Waals surface area contributed by atoms with Gasteiger partial charge in [0.15, 0.2) is 5.82 Å². The molecule has 0 radical (unpaired) electrons. The molecular weight excluding hydrogens is 632 g/mol. The van der Waals surface area contributed by atoms with Crippen molar-refractivity contribution in [3.63, 3.8) is 0 Å². The van der Waals surface area contributed by atoms with Gasteiger partial charge >= 0.3 is 6.09 Å². The number of methoxy groups -OCH3 is 2. The third kappa shape index (κ3) is 10.2. The maximum absolute atomic E-state index is 14.0. The second-order valence-corrected chi connectivity index (χ2v) is 13.3. The monoisotopic (exact) mass is 686 g/mol. The first-order valence-corrected chi connectivity index (χ1v) is 17.0. The summed E-state index contributed by atoms with van der Waals surface area (Å²) in [5, 5.41) is 29.0. The van der Waals surface area contributed by atoms with Crippen LogP contribution >= 0.6 is 0 Å². The highest BCUT2D eigenvalue weighted by Gasteiger charge is 2.43. The van der Waals surface area contributed by atoms with Gasteiger partial charge in [-0.05, 0) is 40.7 Å². The number of likely N-dealkylation sites (N-methyl/N-ethyl adjacent to an activating group) is 1. The van der Waals surface area contributed by atoms with Crippen molar-refractivity contribution in [2.45, 2.75) is 103 Å². The summed E-state index contributed by atoms with van der Waals surface area (Å²) in [5.41, 5.74) is 1.00. The number of aromatic amines is 1. The fraction of sp³-hybridized carbons (Fsp3) is 0.676. The lowest BCUT2D eigenvalue weighted by Crippen LogP contribution is -2.57. The highest BCUT2D eigenvalue weighted by atomic mass is 16.5. The molecule has 1 aliphatic heterocycles. The maximum Gasteiger partial charge on any atom is 0.405 e. The van der Waals surface area contributed by atoms with E-state index < -0.39 is 42.3 Å². The molecule has 1 aliphatic rings. The van der Waals surface area contributed by atoms with Crippen molar-refractivity contribution in [1.29, 1.82) is 0 Å². The van der Waals surface area contributed by atoms with Crippen molar-refractivity contribution < 1.29 is 33.8 Å². The molecule has 272 valence electrons.